The van der Waals surface area contributed by atoms with Crippen LogP contribution in [0.25, 0.3) is 21.0 Å². The second-order valence-corrected chi connectivity index (χ2v) is 7.87. The Balaban J connectivity index is 1.77. The predicted octanol–water partition coefficient (Wildman–Crippen LogP) is 4.35. The van der Waals surface area contributed by atoms with E-state index >= 15 is 0 Å². The molecule has 0 aliphatic rings. The largest absolute Gasteiger partial charge is 0.468 e. The number of halogens is 1. The molecule has 4 aromatic rings. The molecule has 0 fully saturated rings. The van der Waals surface area contributed by atoms with Gasteiger partial charge in [0.1, 0.15) is 6.54 Å². The number of amides is 1. The summed E-state index contributed by atoms with van der Waals surface area (Å²) in [5.74, 6) is -0.727. The molecule has 146 valence electrons. The van der Waals surface area contributed by atoms with Crippen LogP contribution in [0.1, 0.15) is 5.56 Å². The molecule has 29 heavy (non-hydrogen) atoms. The van der Waals surface area contributed by atoms with Crippen molar-refractivity contribution in [3.05, 3.63) is 76.1 Å². The number of fused-ring (bicyclic) bond motifs is 2. The number of benzene rings is 3. The zero-order valence-electron chi connectivity index (χ0n) is 15.6. The van der Waals surface area contributed by atoms with Gasteiger partial charge in [-0.3, -0.25) is 9.59 Å². The molecule has 3 aromatic carbocycles. The van der Waals surface area contributed by atoms with Crippen LogP contribution in [0, 0.1) is 0 Å². The fourth-order valence-electron chi connectivity index (χ4n) is 3.27. The minimum absolute atomic E-state index is 0.0688. The van der Waals surface area contributed by atoms with E-state index < -0.39 is 5.97 Å². The van der Waals surface area contributed by atoms with Crippen LogP contribution in [-0.2, 0) is 27.3 Å². The molecule has 0 radical (unpaired) electrons. The summed E-state index contributed by atoms with van der Waals surface area (Å²) < 4.78 is 7.27. The molecule has 1 aromatic heterocycles. The number of esters is 1. The summed E-state index contributed by atoms with van der Waals surface area (Å²) in [4.78, 5) is 29.4. The number of hydrogen-bond acceptors (Lipinski definition) is 4. The molecule has 0 aliphatic carbocycles. The number of rotatable bonds is 4. The van der Waals surface area contributed by atoms with Crippen LogP contribution in [-0.4, -0.2) is 23.6 Å². The summed E-state index contributed by atoms with van der Waals surface area (Å²) in [6, 6.07) is 19.2. The summed E-state index contributed by atoms with van der Waals surface area (Å²) in [5.41, 5.74) is 1.58. The molecule has 5 nitrogen and oxygen atoms in total. The van der Waals surface area contributed by atoms with E-state index in [9.17, 15) is 9.59 Å². The first-order chi connectivity index (χ1) is 14.1. The smallest absolute Gasteiger partial charge is 0.325 e. The summed E-state index contributed by atoms with van der Waals surface area (Å²) in [5, 5.41) is 2.60. The van der Waals surface area contributed by atoms with Gasteiger partial charge in [0.05, 0.1) is 28.8 Å². The number of para-hydroxylation sites is 1. The van der Waals surface area contributed by atoms with Crippen molar-refractivity contribution >= 4 is 55.8 Å². The minimum Gasteiger partial charge on any atom is -0.468 e. The van der Waals surface area contributed by atoms with Crippen LogP contribution in [0.4, 0.5) is 0 Å². The maximum atomic E-state index is 12.8. The Morgan fingerprint density at radius 3 is 2.66 bits per heavy atom. The Labute approximate surface area is 175 Å². The molecule has 0 bridgehead atoms. The second-order valence-electron chi connectivity index (χ2n) is 6.45. The lowest BCUT2D eigenvalue weighted by molar-refractivity contribution is -0.141. The molecular formula is C22H17ClN2O3S. The summed E-state index contributed by atoms with van der Waals surface area (Å²) >= 11 is 7.66. The van der Waals surface area contributed by atoms with E-state index in [-0.39, 0.29) is 18.9 Å². The summed E-state index contributed by atoms with van der Waals surface area (Å²) in [7, 11) is 1.32. The number of ether oxygens (including phenoxy) is 1. The van der Waals surface area contributed by atoms with Crippen LogP contribution in [0.2, 0.25) is 5.02 Å². The molecule has 0 saturated heterocycles. The number of aromatic nitrogens is 1. The third-order valence-corrected chi connectivity index (χ3v) is 5.96. The zero-order valence-corrected chi connectivity index (χ0v) is 17.2. The number of carbonyl (C=O) groups is 2. The molecule has 1 amide bonds. The average Bonchev–Trinajstić information content (AvgIpc) is 3.06. The Kier molecular flexibility index (Phi) is 5.47. The molecule has 0 N–H and O–H groups in total. The van der Waals surface area contributed by atoms with Gasteiger partial charge in [0.25, 0.3) is 5.91 Å². The molecule has 0 atom stereocenters. The van der Waals surface area contributed by atoms with Crippen molar-refractivity contribution < 1.29 is 14.3 Å². The maximum absolute atomic E-state index is 12.8. The SMILES string of the molecule is COC(=O)Cn1c(=NC(=O)Cc2cccc3ccccc23)sc2cccc(Cl)c21. The number of thiazole rings is 1. The lowest BCUT2D eigenvalue weighted by Crippen LogP contribution is -2.22. The number of nitrogens with zero attached hydrogens (tertiary/aromatic N) is 2. The molecule has 0 saturated carbocycles. The molecule has 1 heterocycles. The number of hydrogen-bond donors (Lipinski definition) is 0. The molecule has 4 rings (SSSR count). The molecule has 0 unspecified atom stereocenters. The van der Waals surface area contributed by atoms with E-state index in [1.165, 1.54) is 18.4 Å². The van der Waals surface area contributed by atoms with E-state index in [1.807, 2.05) is 54.6 Å². The Bertz CT molecular complexity index is 1300. The van der Waals surface area contributed by atoms with Crippen molar-refractivity contribution in [2.75, 3.05) is 7.11 Å². The standard InChI is InChI=1S/C22H17ClN2O3S/c1-28-20(27)13-25-21-17(23)10-5-11-18(21)29-22(25)24-19(26)12-15-8-4-7-14-6-2-3-9-16(14)15/h2-11H,12-13H2,1H3. The van der Waals surface area contributed by atoms with Crippen LogP contribution < -0.4 is 4.80 Å². The molecular weight excluding hydrogens is 408 g/mol. The summed E-state index contributed by atoms with van der Waals surface area (Å²) in [6.45, 7) is -0.0688. The molecule has 0 aliphatic heterocycles. The van der Waals surface area contributed by atoms with Crippen LogP contribution in [0.15, 0.2) is 65.7 Å². The highest BCUT2D eigenvalue weighted by molar-refractivity contribution is 7.16. The van der Waals surface area contributed by atoms with Crippen LogP contribution in [0.3, 0.4) is 0 Å². The van der Waals surface area contributed by atoms with Gasteiger partial charge in [0.15, 0.2) is 4.80 Å². The van der Waals surface area contributed by atoms with Crippen molar-refractivity contribution in [1.29, 1.82) is 0 Å². The summed E-state index contributed by atoms with van der Waals surface area (Å²) in [6.07, 6.45) is 0.168. The third kappa shape index (κ3) is 3.95. The van der Waals surface area contributed by atoms with Gasteiger partial charge in [-0.2, -0.15) is 4.99 Å². The Morgan fingerprint density at radius 1 is 1.07 bits per heavy atom. The van der Waals surface area contributed by atoms with Crippen LogP contribution in [0.5, 0.6) is 0 Å². The van der Waals surface area contributed by atoms with Crippen molar-refractivity contribution in [3.8, 4) is 0 Å². The van der Waals surface area contributed by atoms with E-state index in [2.05, 4.69) is 4.99 Å². The van der Waals surface area contributed by atoms with Gasteiger partial charge >= 0.3 is 5.97 Å². The van der Waals surface area contributed by atoms with Crippen molar-refractivity contribution in [1.82, 2.24) is 4.57 Å². The van der Waals surface area contributed by atoms with Crippen molar-refractivity contribution in [3.63, 3.8) is 0 Å². The van der Waals surface area contributed by atoms with Gasteiger partial charge in [-0.05, 0) is 28.5 Å². The highest BCUT2D eigenvalue weighted by atomic mass is 35.5. The Morgan fingerprint density at radius 2 is 1.83 bits per heavy atom. The molecule has 7 heteroatoms. The first kappa shape index (κ1) is 19.4. The van der Waals surface area contributed by atoms with E-state index in [1.54, 1.807) is 10.6 Å². The van der Waals surface area contributed by atoms with Crippen LogP contribution >= 0.6 is 22.9 Å². The first-order valence-corrected chi connectivity index (χ1v) is 10.1. The van der Waals surface area contributed by atoms with Gasteiger partial charge in [0.2, 0.25) is 0 Å². The topological polar surface area (TPSA) is 60.7 Å². The highest BCUT2D eigenvalue weighted by Crippen LogP contribution is 2.25. The van der Waals surface area contributed by atoms with Gasteiger partial charge in [0, 0.05) is 0 Å². The van der Waals surface area contributed by atoms with Gasteiger partial charge in [-0.25, -0.2) is 0 Å². The minimum atomic E-state index is -0.437. The van der Waals surface area contributed by atoms with E-state index in [0.29, 0.717) is 15.3 Å². The fourth-order valence-corrected chi connectivity index (χ4v) is 4.67. The normalized spacial score (nSPS) is 11.9. The second kappa shape index (κ2) is 8.19. The Hall–Kier alpha value is -2.96. The monoisotopic (exact) mass is 424 g/mol. The lowest BCUT2D eigenvalue weighted by atomic mass is 10.0. The quantitative estimate of drug-likeness (QED) is 0.457. The lowest BCUT2D eigenvalue weighted by Gasteiger charge is -2.05. The predicted molar refractivity (Wildman–Crippen MR) is 115 cm³/mol. The third-order valence-electron chi connectivity index (χ3n) is 4.61. The number of methoxy groups -OCH3 is 1. The fraction of sp³-hybridized carbons (Fsp3) is 0.136. The average molecular weight is 425 g/mol. The first-order valence-electron chi connectivity index (χ1n) is 8.95. The zero-order chi connectivity index (χ0) is 20.4. The van der Waals surface area contributed by atoms with Crippen molar-refractivity contribution in [2.45, 2.75) is 13.0 Å². The number of carbonyl (C=O) groups excluding carboxylic acids is 2. The van der Waals surface area contributed by atoms with Crippen molar-refractivity contribution in [2.24, 2.45) is 4.99 Å². The van der Waals surface area contributed by atoms with E-state index in [0.717, 1.165) is 21.0 Å². The van der Waals surface area contributed by atoms with Gasteiger partial charge < -0.3 is 9.30 Å². The molecule has 0 spiro atoms. The van der Waals surface area contributed by atoms with E-state index in [4.69, 9.17) is 16.3 Å². The highest BCUT2D eigenvalue weighted by Gasteiger charge is 2.14. The maximum Gasteiger partial charge on any atom is 0.325 e. The van der Waals surface area contributed by atoms with Gasteiger partial charge in [-0.1, -0.05) is 71.5 Å². The van der Waals surface area contributed by atoms with Gasteiger partial charge in [-0.15, -0.1) is 0 Å².